The summed E-state index contributed by atoms with van der Waals surface area (Å²) < 4.78 is 1.76. The van der Waals surface area contributed by atoms with E-state index in [2.05, 4.69) is 10.4 Å². The van der Waals surface area contributed by atoms with E-state index in [-0.39, 0.29) is 12.6 Å². The predicted octanol–water partition coefficient (Wildman–Crippen LogP) is 1.61. The number of amides is 2. The van der Waals surface area contributed by atoms with Crippen LogP contribution in [0.15, 0.2) is 36.7 Å². The number of aromatic nitrogens is 2. The van der Waals surface area contributed by atoms with Gasteiger partial charge in [-0.15, -0.1) is 0 Å². The second-order valence-electron chi connectivity index (χ2n) is 5.07. The third-order valence-corrected chi connectivity index (χ3v) is 3.45. The van der Waals surface area contributed by atoms with Crippen molar-refractivity contribution in [3.8, 4) is 11.1 Å². The number of hydrogen-bond acceptors (Lipinski definition) is 3. The molecule has 0 radical (unpaired) electrons. The van der Waals surface area contributed by atoms with Gasteiger partial charge in [0.15, 0.2) is 0 Å². The highest BCUT2D eigenvalue weighted by atomic mass is 16.3. The van der Waals surface area contributed by atoms with Crippen molar-refractivity contribution in [2.45, 2.75) is 13.5 Å². The number of hydrogen-bond donors (Lipinski definition) is 2. The molecule has 0 aliphatic rings. The van der Waals surface area contributed by atoms with Crippen molar-refractivity contribution in [1.82, 2.24) is 20.0 Å². The van der Waals surface area contributed by atoms with Crippen LogP contribution < -0.4 is 5.32 Å². The van der Waals surface area contributed by atoms with Gasteiger partial charge in [-0.3, -0.25) is 4.68 Å². The molecule has 0 bridgehead atoms. The lowest BCUT2D eigenvalue weighted by Gasteiger charge is -2.20. The Balaban J connectivity index is 2.00. The van der Waals surface area contributed by atoms with E-state index in [0.717, 1.165) is 16.7 Å². The highest BCUT2D eigenvalue weighted by molar-refractivity contribution is 5.74. The van der Waals surface area contributed by atoms with Crippen LogP contribution >= 0.6 is 0 Å². The van der Waals surface area contributed by atoms with Crippen LogP contribution in [0.25, 0.3) is 11.1 Å². The fraction of sp³-hybridized carbons (Fsp3) is 0.375. The first kappa shape index (κ1) is 16.0. The minimum atomic E-state index is -0.164. The molecule has 1 aromatic heterocycles. The second kappa shape index (κ2) is 7.61. The molecule has 1 aromatic carbocycles. The normalized spacial score (nSPS) is 10.5. The van der Waals surface area contributed by atoms with Crippen molar-refractivity contribution in [2.24, 2.45) is 7.05 Å². The van der Waals surface area contributed by atoms with Gasteiger partial charge in [-0.05, 0) is 24.1 Å². The number of likely N-dealkylation sites (N-methyl/N-ethyl adjacent to an activating group) is 1. The Morgan fingerprint density at radius 3 is 2.86 bits per heavy atom. The van der Waals surface area contributed by atoms with Crippen LogP contribution in [-0.4, -0.2) is 45.5 Å². The number of nitrogens with zero attached hydrogens (tertiary/aromatic N) is 3. The van der Waals surface area contributed by atoms with Crippen molar-refractivity contribution in [2.75, 3.05) is 19.7 Å². The number of aliphatic hydroxyl groups excluding tert-OH is 1. The van der Waals surface area contributed by atoms with Crippen LogP contribution in [0.5, 0.6) is 0 Å². The number of rotatable bonds is 6. The lowest BCUT2D eigenvalue weighted by molar-refractivity contribution is 0.180. The quantitative estimate of drug-likeness (QED) is 0.851. The molecular weight excluding hydrogens is 280 g/mol. The number of aryl methyl sites for hydroxylation is 1. The van der Waals surface area contributed by atoms with E-state index >= 15 is 0 Å². The molecule has 22 heavy (non-hydrogen) atoms. The number of carbonyl (C=O) groups excluding carboxylic acids is 1. The maximum absolute atomic E-state index is 12.0. The van der Waals surface area contributed by atoms with Crippen LogP contribution in [-0.2, 0) is 13.6 Å². The van der Waals surface area contributed by atoms with Gasteiger partial charge in [0, 0.05) is 38.4 Å². The van der Waals surface area contributed by atoms with Crippen LogP contribution in [0, 0.1) is 0 Å². The zero-order valence-electron chi connectivity index (χ0n) is 13.0. The van der Waals surface area contributed by atoms with Crippen molar-refractivity contribution in [3.63, 3.8) is 0 Å². The molecule has 6 nitrogen and oxygen atoms in total. The van der Waals surface area contributed by atoms with E-state index in [9.17, 15) is 4.79 Å². The van der Waals surface area contributed by atoms with Crippen LogP contribution in [0.2, 0.25) is 0 Å². The Labute approximate surface area is 130 Å². The first-order valence-corrected chi connectivity index (χ1v) is 7.35. The van der Waals surface area contributed by atoms with Crippen molar-refractivity contribution >= 4 is 6.03 Å². The monoisotopic (exact) mass is 302 g/mol. The molecule has 6 heteroatoms. The molecule has 118 valence electrons. The number of benzene rings is 1. The summed E-state index contributed by atoms with van der Waals surface area (Å²) in [4.78, 5) is 13.6. The molecule has 0 aliphatic heterocycles. The molecule has 0 fully saturated rings. The second-order valence-corrected chi connectivity index (χ2v) is 5.07. The Kier molecular flexibility index (Phi) is 5.55. The van der Waals surface area contributed by atoms with Crippen LogP contribution in [0.3, 0.4) is 0 Å². The summed E-state index contributed by atoms with van der Waals surface area (Å²) in [5.74, 6) is 0. The SMILES string of the molecule is CCN(CCO)C(=O)NCc1cccc(-c2cnn(C)c2)c1. The molecule has 0 atom stereocenters. The van der Waals surface area contributed by atoms with Gasteiger partial charge in [-0.1, -0.05) is 18.2 Å². The molecule has 2 amide bonds. The third-order valence-electron chi connectivity index (χ3n) is 3.45. The van der Waals surface area contributed by atoms with E-state index in [4.69, 9.17) is 5.11 Å². The summed E-state index contributed by atoms with van der Waals surface area (Å²) in [6.45, 7) is 3.23. The number of nitrogens with one attached hydrogen (secondary N) is 1. The first-order valence-electron chi connectivity index (χ1n) is 7.35. The van der Waals surface area contributed by atoms with Gasteiger partial charge >= 0.3 is 6.03 Å². The fourth-order valence-electron chi connectivity index (χ4n) is 2.24. The average molecular weight is 302 g/mol. The molecule has 1 heterocycles. The summed E-state index contributed by atoms with van der Waals surface area (Å²) >= 11 is 0. The Bertz CT molecular complexity index is 624. The maximum Gasteiger partial charge on any atom is 0.317 e. The minimum absolute atomic E-state index is 0.0300. The van der Waals surface area contributed by atoms with E-state index in [1.54, 1.807) is 9.58 Å². The predicted molar refractivity (Wildman–Crippen MR) is 85.2 cm³/mol. The molecule has 2 rings (SSSR count). The fourth-order valence-corrected chi connectivity index (χ4v) is 2.24. The van der Waals surface area contributed by atoms with E-state index in [1.807, 2.05) is 50.6 Å². The standard InChI is InChI=1S/C16H22N4O2/c1-3-20(7-8-21)16(22)17-10-13-5-4-6-14(9-13)15-11-18-19(2)12-15/h4-6,9,11-12,21H,3,7-8,10H2,1-2H3,(H,17,22). The van der Waals surface area contributed by atoms with Gasteiger partial charge in [0.05, 0.1) is 12.8 Å². The number of carbonyl (C=O) groups is 1. The summed E-state index contributed by atoms with van der Waals surface area (Å²) in [5, 5.41) is 16.0. The molecule has 0 saturated carbocycles. The van der Waals surface area contributed by atoms with Gasteiger partial charge in [0.25, 0.3) is 0 Å². The largest absolute Gasteiger partial charge is 0.395 e. The van der Waals surface area contributed by atoms with Gasteiger partial charge in [0.2, 0.25) is 0 Å². The molecule has 0 spiro atoms. The summed E-state index contributed by atoms with van der Waals surface area (Å²) in [7, 11) is 1.88. The molecule has 0 unspecified atom stereocenters. The highest BCUT2D eigenvalue weighted by Gasteiger charge is 2.10. The van der Waals surface area contributed by atoms with E-state index in [1.165, 1.54) is 0 Å². The minimum Gasteiger partial charge on any atom is -0.395 e. The van der Waals surface area contributed by atoms with Crippen molar-refractivity contribution < 1.29 is 9.90 Å². The molecule has 2 N–H and O–H groups in total. The molecule has 2 aromatic rings. The number of aliphatic hydroxyl groups is 1. The van der Waals surface area contributed by atoms with E-state index < -0.39 is 0 Å². The molecule has 0 aliphatic carbocycles. The van der Waals surface area contributed by atoms with E-state index in [0.29, 0.717) is 19.6 Å². The Hall–Kier alpha value is -2.34. The Morgan fingerprint density at radius 1 is 1.41 bits per heavy atom. The summed E-state index contributed by atoms with van der Waals surface area (Å²) in [6.07, 6.45) is 3.77. The molecule has 0 saturated heterocycles. The van der Waals surface area contributed by atoms with Gasteiger partial charge < -0.3 is 15.3 Å². The van der Waals surface area contributed by atoms with Gasteiger partial charge in [0.1, 0.15) is 0 Å². The first-order chi connectivity index (χ1) is 10.6. The Morgan fingerprint density at radius 2 is 2.23 bits per heavy atom. The van der Waals surface area contributed by atoms with Gasteiger partial charge in [-0.2, -0.15) is 5.10 Å². The summed E-state index contributed by atoms with van der Waals surface area (Å²) in [6, 6.07) is 7.84. The lowest BCUT2D eigenvalue weighted by Crippen LogP contribution is -2.41. The zero-order valence-corrected chi connectivity index (χ0v) is 13.0. The smallest absolute Gasteiger partial charge is 0.317 e. The van der Waals surface area contributed by atoms with Gasteiger partial charge in [-0.25, -0.2) is 4.79 Å². The van der Waals surface area contributed by atoms with Crippen LogP contribution in [0.1, 0.15) is 12.5 Å². The highest BCUT2D eigenvalue weighted by Crippen LogP contribution is 2.19. The average Bonchev–Trinajstić information content (AvgIpc) is 2.97. The topological polar surface area (TPSA) is 70.4 Å². The van der Waals surface area contributed by atoms with Crippen molar-refractivity contribution in [3.05, 3.63) is 42.2 Å². The zero-order chi connectivity index (χ0) is 15.9. The lowest BCUT2D eigenvalue weighted by atomic mass is 10.1. The molecular formula is C16H22N4O2. The van der Waals surface area contributed by atoms with Crippen LogP contribution in [0.4, 0.5) is 4.79 Å². The van der Waals surface area contributed by atoms with Crippen molar-refractivity contribution in [1.29, 1.82) is 0 Å². The third kappa shape index (κ3) is 4.08. The number of urea groups is 1. The summed E-state index contributed by atoms with van der Waals surface area (Å²) in [5.41, 5.74) is 3.14. The maximum atomic E-state index is 12.0.